The monoisotopic (exact) mass is 323 g/mol. The minimum absolute atomic E-state index is 0.110. The van der Waals surface area contributed by atoms with Crippen LogP contribution in [0.15, 0.2) is 42.0 Å². The van der Waals surface area contributed by atoms with E-state index < -0.39 is 10.2 Å². The van der Waals surface area contributed by atoms with Crippen LogP contribution in [0.5, 0.6) is 0 Å². The summed E-state index contributed by atoms with van der Waals surface area (Å²) in [6.07, 6.45) is 5.22. The van der Waals surface area contributed by atoms with Gasteiger partial charge in [-0.25, -0.2) is 0 Å². The molecule has 2 aromatic heterocycles. The van der Waals surface area contributed by atoms with Gasteiger partial charge >= 0.3 is 0 Å². The third-order valence-corrected chi connectivity index (χ3v) is 5.68. The van der Waals surface area contributed by atoms with Crippen molar-refractivity contribution in [1.82, 2.24) is 14.0 Å². The van der Waals surface area contributed by atoms with Crippen LogP contribution in [0.4, 0.5) is 0 Å². The van der Waals surface area contributed by atoms with Crippen LogP contribution >= 0.6 is 11.3 Å². The predicted octanol–water partition coefficient (Wildman–Crippen LogP) is 2.14. The molecule has 0 aliphatic heterocycles. The Morgan fingerprint density at radius 2 is 2.00 bits per heavy atom. The van der Waals surface area contributed by atoms with Gasteiger partial charge in [-0.3, -0.25) is 4.98 Å². The Hall–Kier alpha value is -1.28. The van der Waals surface area contributed by atoms with Crippen LogP contribution in [-0.2, 0) is 23.3 Å². The van der Waals surface area contributed by atoms with Crippen molar-refractivity contribution >= 4 is 21.5 Å². The van der Waals surface area contributed by atoms with Gasteiger partial charge in [-0.05, 0) is 42.0 Å². The fourth-order valence-corrected chi connectivity index (χ4v) is 4.22. The standard InChI is InChI=1S/C14H17N3O2S2/c18-21(19,16-13-3-4-13)17(11-14-2-1-9-20-14)10-12-5-7-15-8-6-12/h1-2,5-9,13,16H,3-4,10-11H2. The van der Waals surface area contributed by atoms with Gasteiger partial charge in [-0.2, -0.15) is 17.4 Å². The van der Waals surface area contributed by atoms with Crippen molar-refractivity contribution in [2.45, 2.75) is 32.0 Å². The lowest BCUT2D eigenvalue weighted by molar-refractivity contribution is 0.395. The smallest absolute Gasteiger partial charge is 0.265 e. The van der Waals surface area contributed by atoms with Crippen molar-refractivity contribution in [3.8, 4) is 0 Å². The van der Waals surface area contributed by atoms with Gasteiger partial charge in [0.2, 0.25) is 0 Å². The molecule has 3 rings (SSSR count). The van der Waals surface area contributed by atoms with Crippen LogP contribution in [-0.4, -0.2) is 23.7 Å². The molecule has 1 aliphatic rings. The highest BCUT2D eigenvalue weighted by molar-refractivity contribution is 7.87. The van der Waals surface area contributed by atoms with E-state index in [2.05, 4.69) is 9.71 Å². The maximum absolute atomic E-state index is 12.5. The summed E-state index contributed by atoms with van der Waals surface area (Å²) < 4.78 is 29.3. The lowest BCUT2D eigenvalue weighted by atomic mass is 10.3. The average Bonchev–Trinajstić information content (AvgIpc) is 3.11. The predicted molar refractivity (Wildman–Crippen MR) is 82.9 cm³/mol. The van der Waals surface area contributed by atoms with Gasteiger partial charge < -0.3 is 0 Å². The van der Waals surface area contributed by atoms with E-state index in [1.54, 1.807) is 23.7 Å². The summed E-state index contributed by atoms with van der Waals surface area (Å²) >= 11 is 1.57. The molecular weight excluding hydrogens is 306 g/mol. The fourth-order valence-electron chi connectivity index (χ4n) is 1.98. The first-order chi connectivity index (χ1) is 10.1. The van der Waals surface area contributed by atoms with Crippen molar-refractivity contribution in [3.05, 3.63) is 52.5 Å². The minimum Gasteiger partial charge on any atom is -0.265 e. The topological polar surface area (TPSA) is 62.3 Å². The highest BCUT2D eigenvalue weighted by Crippen LogP contribution is 2.23. The SMILES string of the molecule is O=S(=O)(NC1CC1)N(Cc1ccncc1)Cc1cccs1. The number of pyridine rings is 1. The number of rotatable bonds is 7. The van der Waals surface area contributed by atoms with E-state index in [-0.39, 0.29) is 6.04 Å². The first kappa shape index (κ1) is 14.6. The van der Waals surface area contributed by atoms with Gasteiger partial charge in [0.1, 0.15) is 0 Å². The van der Waals surface area contributed by atoms with Gasteiger partial charge in [0.15, 0.2) is 0 Å². The normalized spacial score (nSPS) is 15.5. The summed E-state index contributed by atoms with van der Waals surface area (Å²) in [6, 6.07) is 7.68. The van der Waals surface area contributed by atoms with Crippen molar-refractivity contribution < 1.29 is 8.42 Å². The quantitative estimate of drug-likeness (QED) is 0.849. The molecule has 7 heteroatoms. The molecule has 0 saturated heterocycles. The molecule has 1 fully saturated rings. The van der Waals surface area contributed by atoms with Gasteiger partial charge in [0.25, 0.3) is 10.2 Å². The Balaban J connectivity index is 1.79. The molecule has 0 radical (unpaired) electrons. The molecule has 112 valence electrons. The summed E-state index contributed by atoms with van der Waals surface area (Å²) in [4.78, 5) is 5.00. The molecular formula is C14H17N3O2S2. The Morgan fingerprint density at radius 1 is 1.24 bits per heavy atom. The second-order valence-electron chi connectivity index (χ2n) is 5.10. The van der Waals surface area contributed by atoms with Gasteiger partial charge in [0, 0.05) is 36.4 Å². The Labute approximate surface area is 128 Å². The summed E-state index contributed by atoms with van der Waals surface area (Å²) in [5.41, 5.74) is 0.933. The van der Waals surface area contributed by atoms with E-state index in [9.17, 15) is 8.42 Å². The highest BCUT2D eigenvalue weighted by atomic mass is 32.2. The first-order valence-corrected chi connectivity index (χ1v) is 9.14. The first-order valence-electron chi connectivity index (χ1n) is 6.82. The number of thiophene rings is 1. The van der Waals surface area contributed by atoms with Crippen LogP contribution in [0.3, 0.4) is 0 Å². The maximum Gasteiger partial charge on any atom is 0.280 e. The molecule has 2 heterocycles. The van der Waals surface area contributed by atoms with E-state index in [4.69, 9.17) is 0 Å². The zero-order valence-electron chi connectivity index (χ0n) is 11.5. The molecule has 5 nitrogen and oxygen atoms in total. The molecule has 2 aromatic rings. The summed E-state index contributed by atoms with van der Waals surface area (Å²) in [5.74, 6) is 0. The number of hydrogen-bond donors (Lipinski definition) is 1. The third kappa shape index (κ3) is 4.10. The van der Waals surface area contributed by atoms with Crippen LogP contribution in [0, 0.1) is 0 Å². The van der Waals surface area contributed by atoms with Crippen LogP contribution in [0.2, 0.25) is 0 Å². The van der Waals surface area contributed by atoms with E-state index >= 15 is 0 Å². The van der Waals surface area contributed by atoms with Gasteiger partial charge in [-0.15, -0.1) is 11.3 Å². The lowest BCUT2D eigenvalue weighted by Crippen LogP contribution is -2.40. The molecule has 1 aliphatic carbocycles. The fraction of sp³-hybridized carbons (Fsp3) is 0.357. The largest absolute Gasteiger partial charge is 0.280 e. The second kappa shape index (κ2) is 6.23. The number of nitrogens with zero attached hydrogens (tertiary/aromatic N) is 2. The molecule has 0 aromatic carbocycles. The maximum atomic E-state index is 12.5. The molecule has 1 saturated carbocycles. The summed E-state index contributed by atoms with van der Waals surface area (Å²) in [7, 11) is -3.46. The van der Waals surface area contributed by atoms with E-state index in [1.165, 1.54) is 4.31 Å². The minimum atomic E-state index is -3.46. The van der Waals surface area contributed by atoms with Gasteiger partial charge in [0.05, 0.1) is 0 Å². The molecule has 0 unspecified atom stereocenters. The number of hydrogen-bond acceptors (Lipinski definition) is 4. The van der Waals surface area contributed by atoms with Crippen LogP contribution in [0.1, 0.15) is 23.3 Å². The molecule has 0 bridgehead atoms. The molecule has 21 heavy (non-hydrogen) atoms. The van der Waals surface area contributed by atoms with Crippen molar-refractivity contribution in [2.75, 3.05) is 0 Å². The van der Waals surface area contributed by atoms with Crippen molar-refractivity contribution in [2.24, 2.45) is 0 Å². The number of nitrogens with one attached hydrogen (secondary N) is 1. The van der Waals surface area contributed by atoms with E-state index in [0.29, 0.717) is 13.1 Å². The Kier molecular flexibility index (Phi) is 4.34. The van der Waals surface area contributed by atoms with Crippen molar-refractivity contribution in [1.29, 1.82) is 0 Å². The zero-order chi connectivity index (χ0) is 14.7. The summed E-state index contributed by atoms with van der Waals surface area (Å²) in [6.45, 7) is 0.741. The number of aromatic nitrogens is 1. The van der Waals surface area contributed by atoms with E-state index in [0.717, 1.165) is 23.3 Å². The molecule has 0 atom stereocenters. The third-order valence-electron chi connectivity index (χ3n) is 3.25. The second-order valence-corrected chi connectivity index (χ2v) is 7.83. The van der Waals surface area contributed by atoms with Gasteiger partial charge in [-0.1, -0.05) is 6.07 Å². The zero-order valence-corrected chi connectivity index (χ0v) is 13.1. The highest BCUT2D eigenvalue weighted by Gasteiger charge is 2.31. The van der Waals surface area contributed by atoms with Crippen molar-refractivity contribution in [3.63, 3.8) is 0 Å². The van der Waals surface area contributed by atoms with Crippen LogP contribution < -0.4 is 4.72 Å². The Morgan fingerprint density at radius 3 is 2.62 bits per heavy atom. The molecule has 0 spiro atoms. The van der Waals surface area contributed by atoms with Crippen LogP contribution in [0.25, 0.3) is 0 Å². The average molecular weight is 323 g/mol. The molecule has 0 amide bonds. The Bertz CT molecular complexity index is 668. The molecule has 1 N–H and O–H groups in total. The summed E-state index contributed by atoms with van der Waals surface area (Å²) in [5, 5.41) is 1.96. The van der Waals surface area contributed by atoms with E-state index in [1.807, 2.05) is 29.6 Å². The lowest BCUT2D eigenvalue weighted by Gasteiger charge is -2.22.